The van der Waals surface area contributed by atoms with Crippen LogP contribution >= 0.6 is 23.4 Å². The molecule has 0 aliphatic rings. The third-order valence-corrected chi connectivity index (χ3v) is 4.55. The second kappa shape index (κ2) is 8.80. The van der Waals surface area contributed by atoms with Gasteiger partial charge in [0.05, 0.1) is 10.6 Å². The average molecular weight is 366 g/mol. The maximum absolute atomic E-state index is 12.6. The molecule has 0 saturated carbocycles. The normalized spacial score (nSPS) is 11.8. The van der Waals surface area contributed by atoms with E-state index in [1.54, 1.807) is 37.0 Å². The maximum atomic E-state index is 12.6. The number of halogens is 1. The molecule has 1 heterocycles. The maximum Gasteiger partial charge on any atom is 0.252 e. The van der Waals surface area contributed by atoms with Crippen molar-refractivity contribution >= 4 is 40.9 Å². The summed E-state index contributed by atoms with van der Waals surface area (Å²) in [6, 6.07) is 8.37. The Morgan fingerprint density at radius 1 is 1.29 bits per heavy atom. The molecule has 1 atom stereocenters. The van der Waals surface area contributed by atoms with Crippen LogP contribution in [0.2, 0.25) is 5.02 Å². The van der Waals surface area contributed by atoms with Gasteiger partial charge in [0.2, 0.25) is 5.91 Å². The fourth-order valence-electron chi connectivity index (χ4n) is 2.34. The first-order chi connectivity index (χ1) is 11.6. The predicted molar refractivity (Wildman–Crippen MR) is 99.9 cm³/mol. The second-order valence-corrected chi connectivity index (χ2v) is 6.58. The van der Waals surface area contributed by atoms with Gasteiger partial charge in [0.1, 0.15) is 6.04 Å². The van der Waals surface area contributed by atoms with E-state index in [1.807, 2.05) is 35.3 Å². The number of hydrogen-bond acceptors (Lipinski definition) is 3. The molecule has 2 amide bonds. The zero-order valence-electron chi connectivity index (χ0n) is 13.6. The van der Waals surface area contributed by atoms with Crippen molar-refractivity contribution < 1.29 is 9.59 Å². The van der Waals surface area contributed by atoms with E-state index in [-0.39, 0.29) is 17.9 Å². The number of rotatable bonds is 7. The molecule has 0 spiro atoms. The van der Waals surface area contributed by atoms with Crippen LogP contribution in [0.15, 0.2) is 42.7 Å². The van der Waals surface area contributed by atoms with Gasteiger partial charge < -0.3 is 15.2 Å². The molecule has 2 aromatic rings. The molecular formula is C17H20ClN3O2S. The van der Waals surface area contributed by atoms with Crippen LogP contribution in [0.4, 0.5) is 5.69 Å². The highest BCUT2D eigenvalue weighted by Crippen LogP contribution is 2.23. The van der Waals surface area contributed by atoms with E-state index >= 15 is 0 Å². The third-order valence-electron chi connectivity index (χ3n) is 3.59. The quantitative estimate of drug-likeness (QED) is 0.790. The lowest BCUT2D eigenvalue weighted by molar-refractivity contribution is -0.119. The summed E-state index contributed by atoms with van der Waals surface area (Å²) >= 11 is 7.83. The number of carbonyl (C=O) groups is 2. The smallest absolute Gasteiger partial charge is 0.252 e. The van der Waals surface area contributed by atoms with Crippen molar-refractivity contribution in [3.8, 4) is 0 Å². The number of nitrogens with one attached hydrogen (secondary N) is 2. The minimum absolute atomic E-state index is 0.107. The van der Waals surface area contributed by atoms with Gasteiger partial charge in [0.15, 0.2) is 0 Å². The molecule has 0 radical (unpaired) electrons. The first kappa shape index (κ1) is 18.4. The van der Waals surface area contributed by atoms with E-state index in [0.29, 0.717) is 16.3 Å². The highest BCUT2D eigenvalue weighted by Gasteiger charge is 2.20. The summed E-state index contributed by atoms with van der Waals surface area (Å²) in [7, 11) is 1.54. The van der Waals surface area contributed by atoms with Crippen molar-refractivity contribution in [2.75, 3.05) is 24.4 Å². The molecule has 24 heavy (non-hydrogen) atoms. The molecule has 1 aromatic carbocycles. The van der Waals surface area contributed by atoms with E-state index in [4.69, 9.17) is 11.6 Å². The van der Waals surface area contributed by atoms with Crippen LogP contribution in [0.25, 0.3) is 0 Å². The fourth-order valence-corrected chi connectivity index (χ4v) is 3.06. The van der Waals surface area contributed by atoms with Crippen LogP contribution in [0, 0.1) is 0 Å². The van der Waals surface area contributed by atoms with E-state index in [1.165, 1.54) is 0 Å². The molecule has 0 bridgehead atoms. The van der Waals surface area contributed by atoms with Gasteiger partial charge in [-0.1, -0.05) is 11.6 Å². The van der Waals surface area contributed by atoms with E-state index in [0.717, 1.165) is 12.2 Å². The number of benzene rings is 1. The van der Waals surface area contributed by atoms with Gasteiger partial charge in [-0.05, 0) is 48.8 Å². The van der Waals surface area contributed by atoms with Crippen LogP contribution in [0.1, 0.15) is 22.8 Å². The summed E-state index contributed by atoms with van der Waals surface area (Å²) in [4.78, 5) is 24.3. The number of amides is 2. The van der Waals surface area contributed by atoms with Crippen LogP contribution in [0.5, 0.6) is 0 Å². The summed E-state index contributed by atoms with van der Waals surface area (Å²) in [6.07, 6.45) is 6.51. The molecule has 7 heteroatoms. The number of aromatic nitrogens is 1. The zero-order chi connectivity index (χ0) is 17.5. The Labute approximate surface area is 150 Å². The molecule has 1 aromatic heterocycles. The van der Waals surface area contributed by atoms with Crippen molar-refractivity contribution in [2.45, 2.75) is 12.5 Å². The highest BCUT2D eigenvalue weighted by atomic mass is 35.5. The standard InChI is InChI=1S/C17H20ClN3O2S/c1-19-16(22)13-6-5-12(11-14(13)18)20-17(23)15(7-10-24-2)21-8-3-4-9-21/h3-6,8-9,11,15H,7,10H2,1-2H3,(H,19,22)(H,20,23)/t15-/m1/s1. The topological polar surface area (TPSA) is 63.1 Å². The largest absolute Gasteiger partial charge is 0.355 e. The van der Waals surface area contributed by atoms with Gasteiger partial charge in [-0.25, -0.2) is 0 Å². The van der Waals surface area contributed by atoms with Gasteiger partial charge >= 0.3 is 0 Å². The van der Waals surface area contributed by atoms with Crippen molar-refractivity contribution in [3.63, 3.8) is 0 Å². The molecule has 2 rings (SSSR count). The molecular weight excluding hydrogens is 346 g/mol. The molecule has 0 aliphatic heterocycles. The SMILES string of the molecule is CNC(=O)c1ccc(NC(=O)[C@@H](CCSC)n2cccc2)cc1Cl. The summed E-state index contributed by atoms with van der Waals surface area (Å²) in [5.41, 5.74) is 0.945. The van der Waals surface area contributed by atoms with Crippen LogP contribution in [-0.4, -0.2) is 35.4 Å². The Hall–Kier alpha value is -1.92. The molecule has 0 unspecified atom stereocenters. The molecule has 5 nitrogen and oxygen atoms in total. The first-order valence-electron chi connectivity index (χ1n) is 7.50. The van der Waals surface area contributed by atoms with Crippen molar-refractivity contribution in [2.24, 2.45) is 0 Å². The zero-order valence-corrected chi connectivity index (χ0v) is 15.2. The Kier molecular flexibility index (Phi) is 6.75. The fraction of sp³-hybridized carbons (Fsp3) is 0.294. The third kappa shape index (κ3) is 4.55. The lowest BCUT2D eigenvalue weighted by atomic mass is 10.1. The molecule has 2 N–H and O–H groups in total. The van der Waals surface area contributed by atoms with Gasteiger partial charge in [0.25, 0.3) is 5.91 Å². The second-order valence-electron chi connectivity index (χ2n) is 5.19. The lowest BCUT2D eigenvalue weighted by Gasteiger charge is -2.18. The number of nitrogens with zero attached hydrogens (tertiary/aromatic N) is 1. The molecule has 128 valence electrons. The number of anilines is 1. The Bertz CT molecular complexity index is 704. The monoisotopic (exact) mass is 365 g/mol. The Morgan fingerprint density at radius 2 is 2.00 bits per heavy atom. The van der Waals surface area contributed by atoms with E-state index in [2.05, 4.69) is 10.6 Å². The lowest BCUT2D eigenvalue weighted by Crippen LogP contribution is -2.26. The van der Waals surface area contributed by atoms with Gasteiger partial charge in [0, 0.05) is 25.1 Å². The summed E-state index contributed by atoms with van der Waals surface area (Å²) in [5, 5.41) is 5.70. The molecule has 0 fully saturated rings. The number of hydrogen-bond donors (Lipinski definition) is 2. The van der Waals surface area contributed by atoms with E-state index in [9.17, 15) is 9.59 Å². The number of thioether (sulfide) groups is 1. The molecule has 0 aliphatic carbocycles. The van der Waals surface area contributed by atoms with Gasteiger partial charge in [-0.2, -0.15) is 11.8 Å². The van der Waals surface area contributed by atoms with Crippen LogP contribution < -0.4 is 10.6 Å². The summed E-state index contributed by atoms with van der Waals surface area (Å²) in [6.45, 7) is 0. The summed E-state index contributed by atoms with van der Waals surface area (Å²) < 4.78 is 1.89. The van der Waals surface area contributed by atoms with Gasteiger partial charge in [-0.3, -0.25) is 9.59 Å². The van der Waals surface area contributed by atoms with Crippen molar-refractivity contribution in [1.82, 2.24) is 9.88 Å². The Balaban J connectivity index is 2.14. The van der Waals surface area contributed by atoms with Gasteiger partial charge in [-0.15, -0.1) is 0 Å². The van der Waals surface area contributed by atoms with Crippen molar-refractivity contribution in [3.05, 3.63) is 53.3 Å². The minimum atomic E-state index is -0.287. The average Bonchev–Trinajstić information content (AvgIpc) is 3.09. The number of carbonyl (C=O) groups excluding carboxylic acids is 2. The first-order valence-corrected chi connectivity index (χ1v) is 9.28. The van der Waals surface area contributed by atoms with Crippen LogP contribution in [0.3, 0.4) is 0 Å². The minimum Gasteiger partial charge on any atom is -0.355 e. The van der Waals surface area contributed by atoms with Crippen LogP contribution in [-0.2, 0) is 4.79 Å². The highest BCUT2D eigenvalue weighted by molar-refractivity contribution is 7.98. The summed E-state index contributed by atoms with van der Waals surface area (Å²) in [5.74, 6) is 0.513. The predicted octanol–water partition coefficient (Wildman–Crippen LogP) is 3.43. The van der Waals surface area contributed by atoms with E-state index < -0.39 is 0 Å². The van der Waals surface area contributed by atoms with Crippen molar-refractivity contribution in [1.29, 1.82) is 0 Å². The Morgan fingerprint density at radius 3 is 2.58 bits per heavy atom. The molecule has 0 saturated heterocycles.